The predicted octanol–water partition coefficient (Wildman–Crippen LogP) is 2.67. The van der Waals surface area contributed by atoms with Gasteiger partial charge in [0.25, 0.3) is 0 Å². The van der Waals surface area contributed by atoms with Gasteiger partial charge in [-0.25, -0.2) is 0 Å². The van der Waals surface area contributed by atoms with Gasteiger partial charge in [0.05, 0.1) is 0 Å². The van der Waals surface area contributed by atoms with Gasteiger partial charge in [-0.2, -0.15) is 11.8 Å². The minimum Gasteiger partial charge on any atom is -0.162 e. The van der Waals surface area contributed by atoms with Crippen molar-refractivity contribution < 1.29 is 0 Å². The first-order valence-corrected chi connectivity index (χ1v) is 4.92. The highest BCUT2D eigenvalue weighted by Crippen LogP contribution is 2.33. The third kappa shape index (κ3) is 1.98. The van der Waals surface area contributed by atoms with Crippen molar-refractivity contribution >= 4 is 27.7 Å². The van der Waals surface area contributed by atoms with Crippen LogP contribution in [-0.2, 0) is 0 Å². The molecule has 0 bridgehead atoms. The van der Waals surface area contributed by atoms with E-state index in [-0.39, 0.29) is 0 Å². The zero-order valence-corrected chi connectivity index (χ0v) is 7.52. The molecule has 0 radical (unpaired) electrons. The van der Waals surface area contributed by atoms with E-state index in [0.717, 1.165) is 0 Å². The van der Waals surface area contributed by atoms with Crippen molar-refractivity contribution in [3.8, 4) is 0 Å². The lowest BCUT2D eigenvalue weighted by molar-refractivity contribution is 0.610. The maximum absolute atomic E-state index is 3.68. The Bertz CT molecular complexity index is 72.6. The van der Waals surface area contributed by atoms with E-state index in [1.807, 2.05) is 0 Å². The van der Waals surface area contributed by atoms with E-state index in [1.54, 1.807) is 0 Å². The Kier molecular flexibility index (Phi) is 2.27. The third-order valence-electron chi connectivity index (χ3n) is 1.54. The molecule has 0 unspecified atom stereocenters. The predicted molar refractivity (Wildman–Crippen MR) is 43.9 cm³/mol. The summed E-state index contributed by atoms with van der Waals surface area (Å²) in [4.78, 5) is 0. The van der Waals surface area contributed by atoms with Crippen LogP contribution in [0.2, 0.25) is 0 Å². The van der Waals surface area contributed by atoms with E-state index in [2.05, 4.69) is 34.6 Å². The molecule has 48 valence electrons. The standard InChI is InChI=1S/C6H11BrS/c1-6(7)2-4-8-5-3-6/h2-5H2,1H3. The normalized spacial score (nSPS) is 27.8. The molecule has 1 fully saturated rings. The quantitative estimate of drug-likeness (QED) is 0.535. The molecule has 0 aromatic carbocycles. The number of thioether (sulfide) groups is 1. The maximum atomic E-state index is 3.68. The second-order valence-corrected chi connectivity index (χ2v) is 5.66. The fraction of sp³-hybridized carbons (Fsp3) is 1.00. The monoisotopic (exact) mass is 194 g/mol. The minimum absolute atomic E-state index is 0.470. The summed E-state index contributed by atoms with van der Waals surface area (Å²) in [6, 6.07) is 0. The molecule has 1 heterocycles. The average Bonchev–Trinajstić information content (AvgIpc) is 1.65. The summed E-state index contributed by atoms with van der Waals surface area (Å²) < 4.78 is 0.470. The summed E-state index contributed by atoms with van der Waals surface area (Å²) in [6.07, 6.45) is 2.66. The molecule has 0 aromatic heterocycles. The highest BCUT2D eigenvalue weighted by Gasteiger charge is 2.22. The SMILES string of the molecule is CC1(Br)CCSCC1. The smallest absolute Gasteiger partial charge is 0.0245 e. The topological polar surface area (TPSA) is 0 Å². The maximum Gasteiger partial charge on any atom is 0.0245 e. The second-order valence-electron chi connectivity index (χ2n) is 2.53. The van der Waals surface area contributed by atoms with E-state index in [0.29, 0.717) is 4.32 Å². The Labute approximate surface area is 63.5 Å². The van der Waals surface area contributed by atoms with E-state index < -0.39 is 0 Å². The molecule has 0 atom stereocenters. The van der Waals surface area contributed by atoms with Gasteiger partial charge in [0, 0.05) is 4.32 Å². The van der Waals surface area contributed by atoms with Crippen LogP contribution < -0.4 is 0 Å². The van der Waals surface area contributed by atoms with Gasteiger partial charge in [-0.1, -0.05) is 15.9 Å². The van der Waals surface area contributed by atoms with Crippen molar-refractivity contribution in [3.05, 3.63) is 0 Å². The summed E-state index contributed by atoms with van der Waals surface area (Å²) in [7, 11) is 0. The first kappa shape index (κ1) is 6.94. The fourth-order valence-electron chi connectivity index (χ4n) is 0.797. The van der Waals surface area contributed by atoms with Crippen LogP contribution in [0, 0.1) is 0 Å². The number of hydrogen-bond donors (Lipinski definition) is 0. The van der Waals surface area contributed by atoms with Gasteiger partial charge in [0.1, 0.15) is 0 Å². The molecule has 1 rings (SSSR count). The molecule has 0 aliphatic carbocycles. The summed E-state index contributed by atoms with van der Waals surface area (Å²) in [5.41, 5.74) is 0. The van der Waals surface area contributed by atoms with Crippen molar-refractivity contribution in [2.75, 3.05) is 11.5 Å². The molecular weight excluding hydrogens is 184 g/mol. The zero-order valence-electron chi connectivity index (χ0n) is 5.11. The van der Waals surface area contributed by atoms with Gasteiger partial charge in [-0.15, -0.1) is 0 Å². The van der Waals surface area contributed by atoms with E-state index in [1.165, 1.54) is 24.3 Å². The fourth-order valence-corrected chi connectivity index (χ4v) is 3.11. The van der Waals surface area contributed by atoms with Gasteiger partial charge in [0.2, 0.25) is 0 Å². The number of rotatable bonds is 0. The van der Waals surface area contributed by atoms with Crippen molar-refractivity contribution in [2.45, 2.75) is 24.1 Å². The highest BCUT2D eigenvalue weighted by atomic mass is 79.9. The number of alkyl halides is 1. The highest BCUT2D eigenvalue weighted by molar-refractivity contribution is 9.10. The number of hydrogen-bond acceptors (Lipinski definition) is 1. The van der Waals surface area contributed by atoms with Gasteiger partial charge in [0.15, 0.2) is 0 Å². The molecule has 1 aliphatic rings. The number of halogens is 1. The van der Waals surface area contributed by atoms with Crippen LogP contribution in [0.4, 0.5) is 0 Å². The van der Waals surface area contributed by atoms with E-state index >= 15 is 0 Å². The lowest BCUT2D eigenvalue weighted by atomic mass is 10.1. The van der Waals surface area contributed by atoms with Crippen LogP contribution in [0.5, 0.6) is 0 Å². The van der Waals surface area contributed by atoms with Crippen molar-refractivity contribution in [2.24, 2.45) is 0 Å². The van der Waals surface area contributed by atoms with Crippen LogP contribution in [0.3, 0.4) is 0 Å². The summed E-state index contributed by atoms with van der Waals surface area (Å²) in [6.45, 7) is 2.28. The Morgan fingerprint density at radius 1 is 1.38 bits per heavy atom. The largest absolute Gasteiger partial charge is 0.162 e. The van der Waals surface area contributed by atoms with Crippen LogP contribution in [0.25, 0.3) is 0 Å². The van der Waals surface area contributed by atoms with Crippen LogP contribution in [0.15, 0.2) is 0 Å². The van der Waals surface area contributed by atoms with Crippen molar-refractivity contribution in [1.82, 2.24) is 0 Å². The Morgan fingerprint density at radius 2 is 1.88 bits per heavy atom. The first-order valence-electron chi connectivity index (χ1n) is 2.97. The molecule has 1 aliphatic heterocycles. The lowest BCUT2D eigenvalue weighted by Gasteiger charge is -2.26. The molecule has 0 aromatic rings. The third-order valence-corrected chi connectivity index (χ3v) is 3.31. The van der Waals surface area contributed by atoms with Crippen LogP contribution in [0.1, 0.15) is 19.8 Å². The van der Waals surface area contributed by atoms with E-state index in [4.69, 9.17) is 0 Å². The molecule has 0 saturated carbocycles. The Balaban J connectivity index is 2.33. The zero-order chi connectivity index (χ0) is 6.04. The molecule has 0 nitrogen and oxygen atoms in total. The molecule has 2 heteroatoms. The molecule has 8 heavy (non-hydrogen) atoms. The van der Waals surface area contributed by atoms with Crippen molar-refractivity contribution in [3.63, 3.8) is 0 Å². The molecule has 1 saturated heterocycles. The summed E-state index contributed by atoms with van der Waals surface area (Å²) >= 11 is 5.75. The average molecular weight is 195 g/mol. The van der Waals surface area contributed by atoms with Gasteiger partial charge in [-0.05, 0) is 31.3 Å². The first-order chi connectivity index (χ1) is 3.71. The molecule has 0 spiro atoms. The van der Waals surface area contributed by atoms with E-state index in [9.17, 15) is 0 Å². The van der Waals surface area contributed by atoms with Gasteiger partial charge < -0.3 is 0 Å². The van der Waals surface area contributed by atoms with Crippen LogP contribution in [-0.4, -0.2) is 15.8 Å². The second kappa shape index (κ2) is 2.61. The van der Waals surface area contributed by atoms with Gasteiger partial charge >= 0.3 is 0 Å². The minimum atomic E-state index is 0.470. The summed E-state index contributed by atoms with van der Waals surface area (Å²) in [5, 5.41) is 0. The summed E-state index contributed by atoms with van der Waals surface area (Å²) in [5.74, 6) is 2.67. The van der Waals surface area contributed by atoms with Crippen molar-refractivity contribution in [1.29, 1.82) is 0 Å². The van der Waals surface area contributed by atoms with Crippen LogP contribution >= 0.6 is 27.7 Å². The molecule has 0 amide bonds. The Hall–Kier alpha value is 0.830. The lowest BCUT2D eigenvalue weighted by Crippen LogP contribution is -2.21. The Morgan fingerprint density at radius 3 is 2.12 bits per heavy atom. The molecule has 0 N–H and O–H groups in total. The van der Waals surface area contributed by atoms with Gasteiger partial charge in [-0.3, -0.25) is 0 Å². The molecular formula is C6H11BrS.